The second kappa shape index (κ2) is 11.7. The number of nitrogens with one attached hydrogen (secondary N) is 2. The maximum Gasteiger partial charge on any atom is 0.326 e. The van der Waals surface area contributed by atoms with Crippen LogP contribution in [0, 0.1) is 0 Å². The predicted octanol–water partition coefficient (Wildman–Crippen LogP) is -2.88. The Morgan fingerprint density at radius 2 is 1.70 bits per heavy atom. The number of carboxylic acids is 2. The number of rotatable bonds is 12. The van der Waals surface area contributed by atoms with Gasteiger partial charge in [-0.1, -0.05) is 0 Å². The molecule has 0 aromatic carbocycles. The second-order valence-electron chi connectivity index (χ2n) is 6.91. The van der Waals surface area contributed by atoms with Gasteiger partial charge in [-0.2, -0.15) is 0 Å². The molecule has 1 aliphatic heterocycles. The number of carbonyl (C=O) groups excluding carboxylic acids is 4. The molecule has 168 valence electrons. The summed E-state index contributed by atoms with van der Waals surface area (Å²) >= 11 is 0. The molecule has 1 aliphatic rings. The minimum absolute atomic E-state index is 0.0571. The van der Waals surface area contributed by atoms with Gasteiger partial charge in [-0.05, 0) is 25.7 Å². The molecule has 0 aromatic heterocycles. The van der Waals surface area contributed by atoms with Crippen molar-refractivity contribution < 1.29 is 39.0 Å². The number of nitrogens with two attached hydrogens (primary N) is 2. The minimum Gasteiger partial charge on any atom is -0.481 e. The van der Waals surface area contributed by atoms with Crippen molar-refractivity contribution >= 4 is 35.6 Å². The van der Waals surface area contributed by atoms with Crippen LogP contribution in [0.25, 0.3) is 0 Å². The first-order valence-corrected chi connectivity index (χ1v) is 9.39. The van der Waals surface area contributed by atoms with E-state index in [4.69, 9.17) is 21.7 Å². The lowest BCUT2D eigenvalue weighted by atomic mass is 10.1. The Kier molecular flexibility index (Phi) is 9.68. The fourth-order valence-electron chi connectivity index (χ4n) is 2.95. The van der Waals surface area contributed by atoms with Crippen molar-refractivity contribution in [2.75, 3.05) is 13.1 Å². The molecule has 30 heavy (non-hydrogen) atoms. The van der Waals surface area contributed by atoms with Crippen molar-refractivity contribution in [2.45, 2.75) is 56.7 Å². The molecule has 1 rings (SSSR count). The molecular formula is C17H27N5O8. The quantitative estimate of drug-likeness (QED) is 0.187. The van der Waals surface area contributed by atoms with Gasteiger partial charge in [0, 0.05) is 19.4 Å². The lowest BCUT2D eigenvalue weighted by Crippen LogP contribution is -2.53. The number of likely N-dealkylation sites (tertiary alicyclic amines) is 1. The lowest BCUT2D eigenvalue weighted by Gasteiger charge is -2.23. The van der Waals surface area contributed by atoms with Gasteiger partial charge in [0.15, 0.2) is 0 Å². The summed E-state index contributed by atoms with van der Waals surface area (Å²) in [6.07, 6.45) is -0.0537. The molecule has 1 saturated heterocycles. The molecule has 0 aliphatic carbocycles. The minimum atomic E-state index is -1.28. The van der Waals surface area contributed by atoms with E-state index in [1.54, 1.807) is 0 Å². The highest BCUT2D eigenvalue weighted by Crippen LogP contribution is 2.17. The molecule has 0 bridgehead atoms. The summed E-state index contributed by atoms with van der Waals surface area (Å²) in [5.74, 6) is -5.18. The third-order valence-corrected chi connectivity index (χ3v) is 4.59. The number of aliphatic carboxylic acids is 2. The zero-order valence-corrected chi connectivity index (χ0v) is 16.3. The Bertz CT molecular complexity index is 698. The number of hydrogen-bond acceptors (Lipinski definition) is 7. The largest absolute Gasteiger partial charge is 0.481 e. The van der Waals surface area contributed by atoms with Crippen LogP contribution in [-0.2, 0) is 28.8 Å². The Morgan fingerprint density at radius 1 is 1.03 bits per heavy atom. The monoisotopic (exact) mass is 429 g/mol. The predicted molar refractivity (Wildman–Crippen MR) is 101 cm³/mol. The fraction of sp³-hybridized carbons (Fsp3) is 0.647. The van der Waals surface area contributed by atoms with Gasteiger partial charge in [0.25, 0.3) is 0 Å². The number of amides is 4. The maximum absolute atomic E-state index is 12.4. The van der Waals surface area contributed by atoms with Gasteiger partial charge in [0.2, 0.25) is 23.6 Å². The molecule has 0 radical (unpaired) electrons. The third kappa shape index (κ3) is 8.03. The summed E-state index contributed by atoms with van der Waals surface area (Å²) < 4.78 is 0. The normalized spacial score (nSPS) is 17.6. The molecule has 8 N–H and O–H groups in total. The van der Waals surface area contributed by atoms with Crippen LogP contribution in [0.5, 0.6) is 0 Å². The Labute approximate surface area is 172 Å². The van der Waals surface area contributed by atoms with Crippen LogP contribution in [0.2, 0.25) is 0 Å². The van der Waals surface area contributed by atoms with Crippen LogP contribution < -0.4 is 22.1 Å². The number of carbonyl (C=O) groups is 6. The molecule has 3 unspecified atom stereocenters. The SMILES string of the molecule is NC(=O)CCC(N)C(=O)NC(CCC(=O)O)C(=O)NCC(=O)N1CCCC1C(=O)O. The second-order valence-corrected chi connectivity index (χ2v) is 6.91. The summed E-state index contributed by atoms with van der Waals surface area (Å²) in [7, 11) is 0. The van der Waals surface area contributed by atoms with Crippen molar-refractivity contribution in [3.8, 4) is 0 Å². The summed E-state index contributed by atoms with van der Waals surface area (Å²) in [4.78, 5) is 70.7. The molecule has 1 heterocycles. The van der Waals surface area contributed by atoms with E-state index in [9.17, 15) is 28.8 Å². The molecule has 0 aromatic rings. The topological polar surface area (TPSA) is 222 Å². The van der Waals surface area contributed by atoms with E-state index in [2.05, 4.69) is 10.6 Å². The van der Waals surface area contributed by atoms with E-state index < -0.39 is 66.7 Å². The maximum atomic E-state index is 12.4. The van der Waals surface area contributed by atoms with E-state index in [1.165, 1.54) is 0 Å². The average Bonchev–Trinajstić information content (AvgIpc) is 3.16. The van der Waals surface area contributed by atoms with Crippen molar-refractivity contribution in [1.82, 2.24) is 15.5 Å². The third-order valence-electron chi connectivity index (χ3n) is 4.59. The van der Waals surface area contributed by atoms with Gasteiger partial charge in [0.1, 0.15) is 12.1 Å². The van der Waals surface area contributed by atoms with E-state index >= 15 is 0 Å². The van der Waals surface area contributed by atoms with Crippen LogP contribution >= 0.6 is 0 Å². The highest BCUT2D eigenvalue weighted by Gasteiger charge is 2.34. The van der Waals surface area contributed by atoms with Crippen molar-refractivity contribution in [3.63, 3.8) is 0 Å². The average molecular weight is 429 g/mol. The van der Waals surface area contributed by atoms with E-state index in [1.807, 2.05) is 0 Å². The highest BCUT2D eigenvalue weighted by atomic mass is 16.4. The van der Waals surface area contributed by atoms with E-state index in [0.29, 0.717) is 12.8 Å². The first-order chi connectivity index (χ1) is 14.0. The Balaban J connectivity index is 2.67. The molecular weight excluding hydrogens is 402 g/mol. The van der Waals surface area contributed by atoms with Crippen LogP contribution in [0.3, 0.4) is 0 Å². The molecule has 13 nitrogen and oxygen atoms in total. The summed E-state index contributed by atoms with van der Waals surface area (Å²) in [6.45, 7) is -0.255. The molecule has 4 amide bonds. The molecule has 1 fully saturated rings. The molecule has 13 heteroatoms. The van der Waals surface area contributed by atoms with E-state index in [0.717, 1.165) is 4.90 Å². The van der Waals surface area contributed by atoms with Crippen molar-refractivity contribution in [3.05, 3.63) is 0 Å². The molecule has 3 atom stereocenters. The fourth-order valence-corrected chi connectivity index (χ4v) is 2.95. The first kappa shape index (κ1) is 24.8. The first-order valence-electron chi connectivity index (χ1n) is 9.39. The zero-order chi connectivity index (χ0) is 22.8. The van der Waals surface area contributed by atoms with Crippen LogP contribution in [0.4, 0.5) is 0 Å². The Hall–Kier alpha value is -3.22. The number of carboxylic acid groups (broad SMARTS) is 2. The summed E-state index contributed by atoms with van der Waals surface area (Å²) in [5, 5.41) is 22.6. The lowest BCUT2D eigenvalue weighted by molar-refractivity contribution is -0.148. The van der Waals surface area contributed by atoms with Gasteiger partial charge in [-0.25, -0.2) is 4.79 Å². The van der Waals surface area contributed by atoms with Gasteiger partial charge >= 0.3 is 11.9 Å². The van der Waals surface area contributed by atoms with Gasteiger partial charge in [-0.15, -0.1) is 0 Å². The standard InChI is InChI=1S/C17H27N5O8/c18-9(3-5-12(19)23)15(27)21-10(4-6-14(25)26)16(28)20-8-13(24)22-7-1-2-11(22)17(29)30/h9-11H,1-8,18H2,(H2,19,23)(H,20,28)(H,21,27)(H,25,26)(H,29,30). The van der Waals surface area contributed by atoms with E-state index in [-0.39, 0.29) is 25.8 Å². The van der Waals surface area contributed by atoms with Gasteiger partial charge in [-0.3, -0.25) is 24.0 Å². The summed E-state index contributed by atoms with van der Waals surface area (Å²) in [5.41, 5.74) is 10.6. The van der Waals surface area contributed by atoms with Crippen LogP contribution in [-0.4, -0.2) is 81.9 Å². The number of nitrogens with zero attached hydrogens (tertiary/aromatic N) is 1. The number of hydrogen-bond donors (Lipinski definition) is 6. The van der Waals surface area contributed by atoms with Crippen LogP contribution in [0.1, 0.15) is 38.5 Å². The molecule has 0 saturated carbocycles. The smallest absolute Gasteiger partial charge is 0.326 e. The summed E-state index contributed by atoms with van der Waals surface area (Å²) in [6, 6.07) is -3.38. The molecule has 0 spiro atoms. The van der Waals surface area contributed by atoms with Crippen molar-refractivity contribution in [1.29, 1.82) is 0 Å². The highest BCUT2D eigenvalue weighted by molar-refractivity contribution is 5.93. The van der Waals surface area contributed by atoms with Crippen LogP contribution in [0.15, 0.2) is 0 Å². The van der Waals surface area contributed by atoms with Gasteiger partial charge < -0.3 is 37.2 Å². The zero-order valence-electron chi connectivity index (χ0n) is 16.3. The Morgan fingerprint density at radius 3 is 2.27 bits per heavy atom. The van der Waals surface area contributed by atoms with Gasteiger partial charge in [0.05, 0.1) is 12.6 Å². The van der Waals surface area contributed by atoms with Crippen molar-refractivity contribution in [2.24, 2.45) is 11.5 Å². The number of primary amides is 1.